The van der Waals surface area contributed by atoms with Gasteiger partial charge in [-0.25, -0.2) is 4.98 Å². The van der Waals surface area contributed by atoms with Crippen molar-refractivity contribution in [3.63, 3.8) is 0 Å². The zero-order chi connectivity index (χ0) is 15.2. The Hall–Kier alpha value is -1.96. The van der Waals surface area contributed by atoms with Crippen LogP contribution >= 0.6 is 0 Å². The lowest BCUT2D eigenvalue weighted by molar-refractivity contribution is -0.385. The second-order valence-corrected chi connectivity index (χ2v) is 4.99. The van der Waals surface area contributed by atoms with Gasteiger partial charge in [0.15, 0.2) is 0 Å². The van der Waals surface area contributed by atoms with Crippen LogP contribution in [0.3, 0.4) is 0 Å². The highest BCUT2D eigenvalue weighted by molar-refractivity contribution is 5.60. The van der Waals surface area contributed by atoms with Gasteiger partial charge in [0, 0.05) is 19.7 Å². The van der Waals surface area contributed by atoms with Gasteiger partial charge in [0.05, 0.1) is 11.0 Å². The highest BCUT2D eigenvalue weighted by atomic mass is 16.6. The average molecular weight is 295 g/mol. The first-order valence-electron chi connectivity index (χ1n) is 7.24. The Morgan fingerprint density at radius 1 is 1.38 bits per heavy atom. The summed E-state index contributed by atoms with van der Waals surface area (Å²) in [7, 11) is 0. The minimum Gasteiger partial charge on any atom is -0.376 e. The van der Waals surface area contributed by atoms with E-state index in [4.69, 9.17) is 4.74 Å². The molecule has 2 rings (SSSR count). The normalized spacial score (nSPS) is 18.3. The van der Waals surface area contributed by atoms with Gasteiger partial charge in [-0.1, -0.05) is 0 Å². The second-order valence-electron chi connectivity index (χ2n) is 4.99. The van der Waals surface area contributed by atoms with Crippen molar-refractivity contribution in [2.24, 2.45) is 0 Å². The Kier molecular flexibility index (Phi) is 5.26. The van der Waals surface area contributed by atoms with E-state index in [2.05, 4.69) is 20.6 Å². The van der Waals surface area contributed by atoms with E-state index in [0.717, 1.165) is 25.9 Å². The third kappa shape index (κ3) is 4.01. The van der Waals surface area contributed by atoms with Crippen molar-refractivity contribution in [1.29, 1.82) is 0 Å². The van der Waals surface area contributed by atoms with Crippen molar-refractivity contribution < 1.29 is 9.66 Å². The molecule has 1 unspecified atom stereocenters. The SMILES string of the molecule is CCNc1nc(C)c([N+](=O)[O-])c(NCC2CCCCO2)n1. The van der Waals surface area contributed by atoms with Gasteiger partial charge < -0.3 is 15.4 Å². The lowest BCUT2D eigenvalue weighted by atomic mass is 10.1. The summed E-state index contributed by atoms with van der Waals surface area (Å²) in [5.41, 5.74) is 0.269. The van der Waals surface area contributed by atoms with Crippen molar-refractivity contribution in [3.8, 4) is 0 Å². The topological polar surface area (TPSA) is 102 Å². The minimum absolute atomic E-state index is 0.0764. The molecule has 0 spiro atoms. The largest absolute Gasteiger partial charge is 0.376 e. The molecule has 1 aliphatic heterocycles. The van der Waals surface area contributed by atoms with Crippen LogP contribution in [-0.4, -0.2) is 40.7 Å². The monoisotopic (exact) mass is 295 g/mol. The summed E-state index contributed by atoms with van der Waals surface area (Å²) >= 11 is 0. The molecule has 0 amide bonds. The van der Waals surface area contributed by atoms with Crippen LogP contribution in [0.2, 0.25) is 0 Å². The van der Waals surface area contributed by atoms with E-state index in [1.54, 1.807) is 6.92 Å². The molecule has 1 aromatic heterocycles. The molecule has 0 bridgehead atoms. The molecule has 1 aliphatic rings. The number of aromatic nitrogens is 2. The zero-order valence-corrected chi connectivity index (χ0v) is 12.4. The lowest BCUT2D eigenvalue weighted by Gasteiger charge is -2.23. The summed E-state index contributed by atoms with van der Waals surface area (Å²) in [5.74, 6) is 0.644. The van der Waals surface area contributed by atoms with Crippen LogP contribution in [0.4, 0.5) is 17.5 Å². The summed E-state index contributed by atoms with van der Waals surface area (Å²) in [6.07, 6.45) is 3.25. The summed E-state index contributed by atoms with van der Waals surface area (Å²) in [4.78, 5) is 19.1. The van der Waals surface area contributed by atoms with E-state index in [1.807, 2.05) is 6.92 Å². The third-order valence-electron chi connectivity index (χ3n) is 3.35. The van der Waals surface area contributed by atoms with E-state index in [-0.39, 0.29) is 17.6 Å². The maximum absolute atomic E-state index is 11.2. The Balaban J connectivity index is 2.15. The van der Waals surface area contributed by atoms with Crippen molar-refractivity contribution >= 4 is 17.5 Å². The number of nitro groups is 1. The zero-order valence-electron chi connectivity index (χ0n) is 12.4. The van der Waals surface area contributed by atoms with Crippen LogP contribution in [0.1, 0.15) is 31.9 Å². The molecule has 0 saturated carbocycles. The standard InChI is InChI=1S/C13H21N5O3/c1-3-14-13-16-9(2)11(18(19)20)12(17-13)15-8-10-6-4-5-7-21-10/h10H,3-8H2,1-2H3,(H2,14,15,16,17). The number of rotatable bonds is 6. The number of hydrogen-bond donors (Lipinski definition) is 2. The fraction of sp³-hybridized carbons (Fsp3) is 0.692. The predicted octanol–water partition coefficient (Wildman–Crippen LogP) is 2.11. The first-order chi connectivity index (χ1) is 10.1. The fourth-order valence-electron chi connectivity index (χ4n) is 2.32. The minimum atomic E-state index is -0.449. The second kappa shape index (κ2) is 7.16. The van der Waals surface area contributed by atoms with Crippen LogP contribution in [0.25, 0.3) is 0 Å². The van der Waals surface area contributed by atoms with Crippen molar-refractivity contribution in [3.05, 3.63) is 15.8 Å². The van der Waals surface area contributed by atoms with Crippen LogP contribution in [-0.2, 0) is 4.74 Å². The summed E-state index contributed by atoms with van der Waals surface area (Å²) in [5, 5.41) is 17.2. The van der Waals surface area contributed by atoms with Crippen molar-refractivity contribution in [2.45, 2.75) is 39.2 Å². The third-order valence-corrected chi connectivity index (χ3v) is 3.35. The van der Waals surface area contributed by atoms with Crippen molar-refractivity contribution in [2.75, 3.05) is 30.3 Å². The Morgan fingerprint density at radius 2 is 2.19 bits per heavy atom. The molecule has 1 atom stereocenters. The molecule has 2 N–H and O–H groups in total. The van der Waals surface area contributed by atoms with E-state index in [9.17, 15) is 10.1 Å². The molecule has 2 heterocycles. The molecule has 0 aliphatic carbocycles. The molecule has 8 heteroatoms. The fourth-order valence-corrected chi connectivity index (χ4v) is 2.32. The van der Waals surface area contributed by atoms with E-state index in [1.165, 1.54) is 0 Å². The van der Waals surface area contributed by atoms with Gasteiger partial charge in [0.25, 0.3) is 0 Å². The molecule has 1 fully saturated rings. The number of hydrogen-bond acceptors (Lipinski definition) is 7. The number of nitrogens with zero attached hydrogens (tertiary/aromatic N) is 3. The smallest absolute Gasteiger partial charge is 0.332 e. The molecule has 8 nitrogen and oxygen atoms in total. The first kappa shape index (κ1) is 15.4. The first-order valence-corrected chi connectivity index (χ1v) is 7.24. The quantitative estimate of drug-likeness (QED) is 0.612. The Bertz CT molecular complexity index is 503. The van der Waals surface area contributed by atoms with Crippen LogP contribution in [0.15, 0.2) is 0 Å². The van der Waals surface area contributed by atoms with Gasteiger partial charge >= 0.3 is 5.69 Å². The van der Waals surface area contributed by atoms with Gasteiger partial charge in [-0.05, 0) is 33.1 Å². The maximum atomic E-state index is 11.2. The Morgan fingerprint density at radius 3 is 2.81 bits per heavy atom. The highest BCUT2D eigenvalue weighted by Gasteiger charge is 2.23. The highest BCUT2D eigenvalue weighted by Crippen LogP contribution is 2.27. The number of anilines is 2. The predicted molar refractivity (Wildman–Crippen MR) is 79.7 cm³/mol. The van der Waals surface area contributed by atoms with E-state index < -0.39 is 4.92 Å². The summed E-state index contributed by atoms with van der Waals surface area (Å²) < 4.78 is 5.62. The van der Waals surface area contributed by atoms with Crippen LogP contribution in [0.5, 0.6) is 0 Å². The van der Waals surface area contributed by atoms with Gasteiger partial charge in [0.2, 0.25) is 11.8 Å². The maximum Gasteiger partial charge on any atom is 0.332 e. The van der Waals surface area contributed by atoms with Crippen LogP contribution < -0.4 is 10.6 Å². The van der Waals surface area contributed by atoms with Crippen LogP contribution in [0, 0.1) is 17.0 Å². The summed E-state index contributed by atoms with van der Waals surface area (Å²) in [6.45, 7) is 5.46. The number of nitrogens with one attached hydrogen (secondary N) is 2. The molecule has 0 radical (unpaired) electrons. The van der Waals surface area contributed by atoms with E-state index >= 15 is 0 Å². The molecular formula is C13H21N5O3. The Labute approximate surface area is 123 Å². The van der Waals surface area contributed by atoms with Gasteiger partial charge in [-0.3, -0.25) is 10.1 Å². The van der Waals surface area contributed by atoms with Crippen molar-refractivity contribution in [1.82, 2.24) is 9.97 Å². The molecule has 0 aromatic carbocycles. The number of ether oxygens (including phenoxy) is 1. The number of aryl methyl sites for hydroxylation is 1. The lowest BCUT2D eigenvalue weighted by Crippen LogP contribution is -2.27. The summed E-state index contributed by atoms with van der Waals surface area (Å²) in [6, 6.07) is 0. The molecule has 21 heavy (non-hydrogen) atoms. The molecule has 1 saturated heterocycles. The molecule has 116 valence electrons. The van der Waals surface area contributed by atoms with Gasteiger partial charge in [0.1, 0.15) is 5.69 Å². The van der Waals surface area contributed by atoms with Gasteiger partial charge in [-0.15, -0.1) is 0 Å². The van der Waals surface area contributed by atoms with E-state index in [0.29, 0.717) is 24.7 Å². The van der Waals surface area contributed by atoms with Gasteiger partial charge in [-0.2, -0.15) is 4.98 Å². The average Bonchev–Trinajstić information content (AvgIpc) is 2.45. The molecular weight excluding hydrogens is 274 g/mol. The molecule has 1 aromatic rings.